The molecule has 0 rings (SSSR count). The molecule has 0 aromatic carbocycles. The Hall–Kier alpha value is -0.630. The van der Waals surface area contributed by atoms with Gasteiger partial charge in [0.15, 0.2) is 5.78 Å². The minimum Gasteiger partial charge on any atom is -0.382 e. The van der Waals surface area contributed by atoms with E-state index in [1.807, 2.05) is 19.9 Å². The summed E-state index contributed by atoms with van der Waals surface area (Å²) in [5.74, 6) is -0.182. The third kappa shape index (κ3) is 3.33. The number of ketones is 1. The average molecular weight is 156 g/mol. The van der Waals surface area contributed by atoms with E-state index in [1.54, 1.807) is 6.92 Å². The molecule has 0 aromatic rings. The minimum atomic E-state index is -1.18. The third-order valence-electron chi connectivity index (χ3n) is 1.87. The highest BCUT2D eigenvalue weighted by atomic mass is 16.3. The number of carbonyl (C=O) groups is 1. The molecule has 1 N–H and O–H groups in total. The highest BCUT2D eigenvalue weighted by Gasteiger charge is 2.25. The Bertz CT molecular complexity index is 178. The molecule has 0 unspecified atom stereocenters. The predicted molar refractivity (Wildman–Crippen MR) is 45.4 cm³/mol. The largest absolute Gasteiger partial charge is 0.382 e. The van der Waals surface area contributed by atoms with E-state index < -0.39 is 5.60 Å². The zero-order valence-corrected chi connectivity index (χ0v) is 7.64. The lowest BCUT2D eigenvalue weighted by molar-refractivity contribution is -0.133. The van der Waals surface area contributed by atoms with E-state index in [2.05, 4.69) is 0 Å². The fraction of sp³-hybridized carbons (Fsp3) is 0.667. The number of aliphatic hydroxyl groups is 1. The zero-order valence-electron chi connectivity index (χ0n) is 7.64. The van der Waals surface area contributed by atoms with Crippen LogP contribution in [0.15, 0.2) is 11.6 Å². The summed E-state index contributed by atoms with van der Waals surface area (Å²) in [6.07, 6.45) is 2.33. The molecule has 0 radical (unpaired) electrons. The molecule has 0 bridgehead atoms. The van der Waals surface area contributed by atoms with Gasteiger partial charge in [-0.1, -0.05) is 11.6 Å². The summed E-state index contributed by atoms with van der Waals surface area (Å²) in [7, 11) is 0. The van der Waals surface area contributed by atoms with Crippen molar-refractivity contribution in [3.8, 4) is 0 Å². The van der Waals surface area contributed by atoms with E-state index >= 15 is 0 Å². The molecule has 11 heavy (non-hydrogen) atoms. The number of rotatable bonds is 3. The van der Waals surface area contributed by atoms with E-state index in [1.165, 1.54) is 6.92 Å². The van der Waals surface area contributed by atoms with Crippen molar-refractivity contribution >= 4 is 5.78 Å². The van der Waals surface area contributed by atoms with Crippen LogP contribution in [0.25, 0.3) is 0 Å². The van der Waals surface area contributed by atoms with Crippen LogP contribution in [0.2, 0.25) is 0 Å². The third-order valence-corrected chi connectivity index (χ3v) is 1.87. The van der Waals surface area contributed by atoms with Crippen LogP contribution < -0.4 is 0 Å². The Labute approximate surface area is 67.9 Å². The summed E-state index contributed by atoms with van der Waals surface area (Å²) >= 11 is 0. The molecule has 0 spiro atoms. The van der Waals surface area contributed by atoms with Crippen molar-refractivity contribution in [1.29, 1.82) is 0 Å². The normalized spacial score (nSPS) is 17.7. The van der Waals surface area contributed by atoms with Crippen molar-refractivity contribution in [3.05, 3.63) is 11.6 Å². The van der Waals surface area contributed by atoms with E-state index in [-0.39, 0.29) is 5.78 Å². The maximum absolute atomic E-state index is 10.8. The van der Waals surface area contributed by atoms with E-state index in [9.17, 15) is 9.90 Å². The van der Waals surface area contributed by atoms with Crippen LogP contribution in [0.3, 0.4) is 0 Å². The molecular formula is C9H16O2. The second-order valence-corrected chi connectivity index (χ2v) is 3.14. The first-order valence-corrected chi connectivity index (χ1v) is 3.75. The second-order valence-electron chi connectivity index (χ2n) is 3.14. The molecule has 0 saturated carbocycles. The predicted octanol–water partition coefficient (Wildman–Crippen LogP) is 1.68. The fourth-order valence-electron chi connectivity index (χ4n) is 0.769. The van der Waals surface area contributed by atoms with Crippen molar-refractivity contribution < 1.29 is 9.90 Å². The van der Waals surface area contributed by atoms with Crippen molar-refractivity contribution in [2.75, 3.05) is 0 Å². The number of carbonyl (C=O) groups excluding carboxylic acids is 1. The van der Waals surface area contributed by atoms with Gasteiger partial charge in [-0.05, 0) is 27.7 Å². The minimum absolute atomic E-state index is 0.182. The van der Waals surface area contributed by atoms with Crippen LogP contribution in [-0.2, 0) is 4.79 Å². The van der Waals surface area contributed by atoms with Crippen LogP contribution in [0.1, 0.15) is 34.1 Å². The topological polar surface area (TPSA) is 37.3 Å². The highest BCUT2D eigenvalue weighted by molar-refractivity contribution is 5.84. The molecule has 0 amide bonds. The monoisotopic (exact) mass is 156 g/mol. The van der Waals surface area contributed by atoms with Crippen LogP contribution in [0.4, 0.5) is 0 Å². The summed E-state index contributed by atoms with van der Waals surface area (Å²) < 4.78 is 0. The Morgan fingerprint density at radius 2 is 2.00 bits per heavy atom. The van der Waals surface area contributed by atoms with Crippen molar-refractivity contribution in [2.45, 2.75) is 39.7 Å². The van der Waals surface area contributed by atoms with Gasteiger partial charge in [-0.2, -0.15) is 0 Å². The van der Waals surface area contributed by atoms with Crippen LogP contribution in [0, 0.1) is 0 Å². The number of hydrogen-bond acceptors (Lipinski definition) is 2. The van der Waals surface area contributed by atoms with Gasteiger partial charge in [0.2, 0.25) is 0 Å². The Kier molecular flexibility index (Phi) is 3.46. The number of Topliss-reactive ketones (excluding diaryl/α,β-unsaturated/α-hetero) is 1. The summed E-state index contributed by atoms with van der Waals surface area (Å²) in [6, 6.07) is 0. The van der Waals surface area contributed by atoms with Crippen LogP contribution in [0.5, 0.6) is 0 Å². The molecule has 0 aliphatic rings. The first-order chi connectivity index (χ1) is 4.90. The van der Waals surface area contributed by atoms with Gasteiger partial charge in [0.05, 0.1) is 0 Å². The molecule has 2 nitrogen and oxygen atoms in total. The van der Waals surface area contributed by atoms with E-state index in [0.717, 1.165) is 5.57 Å². The molecule has 0 saturated heterocycles. The molecule has 0 fully saturated rings. The average Bonchev–Trinajstić information content (AvgIpc) is 1.86. The molecule has 2 heteroatoms. The molecule has 64 valence electrons. The van der Waals surface area contributed by atoms with Gasteiger partial charge in [-0.25, -0.2) is 0 Å². The van der Waals surface area contributed by atoms with Gasteiger partial charge in [0.25, 0.3) is 0 Å². The maximum Gasteiger partial charge on any atom is 0.161 e. The second kappa shape index (κ2) is 3.67. The summed E-state index contributed by atoms with van der Waals surface area (Å²) in [4.78, 5) is 10.8. The van der Waals surface area contributed by atoms with Crippen molar-refractivity contribution in [3.63, 3.8) is 0 Å². The van der Waals surface area contributed by atoms with Gasteiger partial charge in [-0.15, -0.1) is 0 Å². The lowest BCUT2D eigenvalue weighted by atomic mass is 9.93. The van der Waals surface area contributed by atoms with Crippen LogP contribution in [-0.4, -0.2) is 16.5 Å². The van der Waals surface area contributed by atoms with Crippen molar-refractivity contribution in [2.24, 2.45) is 0 Å². The quantitative estimate of drug-likeness (QED) is 0.631. The van der Waals surface area contributed by atoms with E-state index in [0.29, 0.717) is 6.42 Å². The smallest absolute Gasteiger partial charge is 0.161 e. The van der Waals surface area contributed by atoms with Gasteiger partial charge in [0, 0.05) is 6.42 Å². The Balaban J connectivity index is 4.24. The zero-order chi connectivity index (χ0) is 9.07. The first kappa shape index (κ1) is 10.4. The van der Waals surface area contributed by atoms with Gasteiger partial charge in [-0.3, -0.25) is 4.79 Å². The fourth-order valence-corrected chi connectivity index (χ4v) is 0.769. The van der Waals surface area contributed by atoms with Crippen molar-refractivity contribution in [1.82, 2.24) is 0 Å². The van der Waals surface area contributed by atoms with Crippen LogP contribution >= 0.6 is 0 Å². The molecule has 0 heterocycles. The summed E-state index contributed by atoms with van der Waals surface area (Å²) in [5.41, 5.74) is -0.151. The standard InChI is InChI=1S/C9H16O2/c1-5-7(2)6-9(4,11)8(3)10/h5,11H,6H2,1-4H3/b7-5+/t9-/m0/s1. The molecule has 0 aromatic heterocycles. The van der Waals surface area contributed by atoms with E-state index in [4.69, 9.17) is 0 Å². The Morgan fingerprint density at radius 1 is 1.55 bits per heavy atom. The number of allylic oxidation sites excluding steroid dienone is 1. The molecular weight excluding hydrogens is 140 g/mol. The SMILES string of the molecule is C/C=C(\C)C[C@](C)(O)C(C)=O. The summed E-state index contributed by atoms with van der Waals surface area (Å²) in [6.45, 7) is 6.74. The molecule has 0 aliphatic heterocycles. The first-order valence-electron chi connectivity index (χ1n) is 3.75. The Morgan fingerprint density at radius 3 is 2.27 bits per heavy atom. The number of hydrogen-bond donors (Lipinski definition) is 1. The highest BCUT2D eigenvalue weighted by Crippen LogP contribution is 2.16. The maximum atomic E-state index is 10.8. The molecule has 1 atom stereocenters. The lowest BCUT2D eigenvalue weighted by Crippen LogP contribution is -2.33. The lowest BCUT2D eigenvalue weighted by Gasteiger charge is -2.19. The summed E-state index contributed by atoms with van der Waals surface area (Å²) in [5, 5.41) is 9.50. The van der Waals surface area contributed by atoms with Gasteiger partial charge >= 0.3 is 0 Å². The van der Waals surface area contributed by atoms with Gasteiger partial charge < -0.3 is 5.11 Å². The molecule has 0 aliphatic carbocycles. The van der Waals surface area contributed by atoms with Gasteiger partial charge in [0.1, 0.15) is 5.60 Å².